The van der Waals surface area contributed by atoms with Gasteiger partial charge in [-0.05, 0) is 36.8 Å². The lowest BCUT2D eigenvalue weighted by atomic mass is 10.1. The Morgan fingerprint density at radius 3 is 2.29 bits per heavy atom. The predicted octanol–water partition coefficient (Wildman–Crippen LogP) is 3.50. The average Bonchev–Trinajstić information content (AvgIpc) is 2.60. The van der Waals surface area contributed by atoms with E-state index in [4.69, 9.17) is 0 Å². The highest BCUT2D eigenvalue weighted by molar-refractivity contribution is 6.06. The third-order valence-electron chi connectivity index (χ3n) is 3.21. The van der Waals surface area contributed by atoms with Gasteiger partial charge in [-0.1, -0.05) is 13.0 Å². The molecule has 2 aromatic carbocycles. The topological polar surface area (TPSA) is 58.2 Å². The van der Waals surface area contributed by atoms with Crippen LogP contribution in [0.15, 0.2) is 36.4 Å². The van der Waals surface area contributed by atoms with Crippen LogP contribution in [-0.2, 0) is 0 Å². The van der Waals surface area contributed by atoms with Gasteiger partial charge in [0.25, 0.3) is 11.8 Å². The Hall–Kier alpha value is -2.83. The zero-order chi connectivity index (χ0) is 17.7. The van der Waals surface area contributed by atoms with Gasteiger partial charge in [0.2, 0.25) is 0 Å². The number of carbonyl (C=O) groups excluding carboxylic acids is 2. The van der Waals surface area contributed by atoms with Crippen LogP contribution in [0.4, 0.5) is 18.9 Å². The summed E-state index contributed by atoms with van der Waals surface area (Å²) in [4.78, 5) is 24.0. The first-order chi connectivity index (χ1) is 11.4. The summed E-state index contributed by atoms with van der Waals surface area (Å²) in [5, 5.41) is 4.82. The maximum atomic E-state index is 13.6. The van der Waals surface area contributed by atoms with Crippen LogP contribution in [0.5, 0.6) is 0 Å². The van der Waals surface area contributed by atoms with Gasteiger partial charge in [-0.25, -0.2) is 13.2 Å². The molecule has 2 aromatic rings. The van der Waals surface area contributed by atoms with Gasteiger partial charge >= 0.3 is 0 Å². The standard InChI is InChI=1S/C17H15F3N2O2/c1-2-8-21-16(23)10-4-3-5-11(9-10)17(24)22-13-7-6-12(18)14(19)15(13)20/h3-7,9H,2,8H2,1H3,(H,21,23)(H,22,24). The summed E-state index contributed by atoms with van der Waals surface area (Å²) in [6.45, 7) is 2.40. The van der Waals surface area contributed by atoms with Crippen LogP contribution in [0, 0.1) is 17.5 Å². The highest BCUT2D eigenvalue weighted by Crippen LogP contribution is 2.20. The van der Waals surface area contributed by atoms with Crippen molar-refractivity contribution in [1.29, 1.82) is 0 Å². The SMILES string of the molecule is CCCNC(=O)c1cccc(C(=O)Nc2ccc(F)c(F)c2F)c1. The Balaban J connectivity index is 2.19. The third kappa shape index (κ3) is 3.92. The molecule has 0 aliphatic carbocycles. The molecule has 0 saturated carbocycles. The minimum absolute atomic E-state index is 0.0864. The smallest absolute Gasteiger partial charge is 0.255 e. The van der Waals surface area contributed by atoms with Gasteiger partial charge in [0.1, 0.15) is 0 Å². The predicted molar refractivity (Wildman–Crippen MR) is 83.3 cm³/mol. The van der Waals surface area contributed by atoms with E-state index >= 15 is 0 Å². The number of rotatable bonds is 5. The van der Waals surface area contributed by atoms with Crippen molar-refractivity contribution in [2.24, 2.45) is 0 Å². The highest BCUT2D eigenvalue weighted by Gasteiger charge is 2.16. The number of anilines is 1. The van der Waals surface area contributed by atoms with E-state index in [9.17, 15) is 22.8 Å². The molecular formula is C17H15F3N2O2. The Morgan fingerprint density at radius 1 is 0.958 bits per heavy atom. The minimum atomic E-state index is -1.67. The number of halogens is 3. The summed E-state index contributed by atoms with van der Waals surface area (Å²) in [5.74, 6) is -5.59. The molecule has 0 atom stereocenters. The van der Waals surface area contributed by atoms with Crippen LogP contribution in [0.3, 0.4) is 0 Å². The van der Waals surface area contributed by atoms with Crippen LogP contribution < -0.4 is 10.6 Å². The molecule has 2 rings (SSSR count). The summed E-state index contributed by atoms with van der Waals surface area (Å²) >= 11 is 0. The Bertz CT molecular complexity index is 778. The summed E-state index contributed by atoms with van der Waals surface area (Å²) in [5.41, 5.74) is -0.134. The number of carbonyl (C=O) groups is 2. The second kappa shape index (κ2) is 7.63. The van der Waals surface area contributed by atoms with Gasteiger partial charge in [0, 0.05) is 17.7 Å². The summed E-state index contributed by atoms with van der Waals surface area (Å²) in [6, 6.07) is 7.41. The maximum Gasteiger partial charge on any atom is 0.255 e. The Labute approximate surface area is 136 Å². The number of nitrogens with one attached hydrogen (secondary N) is 2. The Morgan fingerprint density at radius 2 is 1.62 bits per heavy atom. The van der Waals surface area contributed by atoms with Gasteiger partial charge in [-0.3, -0.25) is 9.59 Å². The Kier molecular flexibility index (Phi) is 5.57. The molecule has 0 spiro atoms. The first-order valence-electron chi connectivity index (χ1n) is 7.27. The molecule has 24 heavy (non-hydrogen) atoms. The molecular weight excluding hydrogens is 321 g/mol. The quantitative estimate of drug-likeness (QED) is 0.821. The fourth-order valence-electron chi connectivity index (χ4n) is 1.96. The van der Waals surface area contributed by atoms with E-state index in [1.807, 2.05) is 6.92 Å². The molecule has 0 radical (unpaired) electrons. The number of hydrogen-bond acceptors (Lipinski definition) is 2. The van der Waals surface area contributed by atoms with Gasteiger partial charge in [-0.2, -0.15) is 0 Å². The van der Waals surface area contributed by atoms with E-state index in [1.165, 1.54) is 24.3 Å². The number of hydrogen-bond donors (Lipinski definition) is 2. The first kappa shape index (κ1) is 17.5. The van der Waals surface area contributed by atoms with Crippen molar-refractivity contribution in [3.8, 4) is 0 Å². The summed E-state index contributed by atoms with van der Waals surface area (Å²) < 4.78 is 39.7. The molecule has 2 amide bonds. The molecule has 0 bridgehead atoms. The largest absolute Gasteiger partial charge is 0.352 e. The third-order valence-corrected chi connectivity index (χ3v) is 3.21. The maximum absolute atomic E-state index is 13.6. The van der Waals surface area contributed by atoms with Gasteiger partial charge in [0.05, 0.1) is 5.69 Å². The fraction of sp³-hybridized carbons (Fsp3) is 0.176. The molecule has 0 aromatic heterocycles. The zero-order valence-corrected chi connectivity index (χ0v) is 12.8. The summed E-state index contributed by atoms with van der Waals surface area (Å²) in [6.07, 6.45) is 0.765. The van der Waals surface area contributed by atoms with Crippen molar-refractivity contribution < 1.29 is 22.8 Å². The molecule has 4 nitrogen and oxygen atoms in total. The second-order valence-corrected chi connectivity index (χ2v) is 5.01. The van der Waals surface area contributed by atoms with Crippen molar-refractivity contribution in [1.82, 2.24) is 5.32 Å². The lowest BCUT2D eigenvalue weighted by Crippen LogP contribution is -2.24. The van der Waals surface area contributed by atoms with Crippen LogP contribution in [0.2, 0.25) is 0 Å². The normalized spacial score (nSPS) is 10.3. The average molecular weight is 336 g/mol. The molecule has 0 fully saturated rings. The molecule has 0 saturated heterocycles. The van der Waals surface area contributed by atoms with Crippen molar-refractivity contribution in [3.63, 3.8) is 0 Å². The van der Waals surface area contributed by atoms with E-state index in [-0.39, 0.29) is 17.0 Å². The fourth-order valence-corrected chi connectivity index (χ4v) is 1.96. The van der Waals surface area contributed by atoms with E-state index in [0.29, 0.717) is 12.6 Å². The van der Waals surface area contributed by atoms with Gasteiger partial charge in [0.15, 0.2) is 17.5 Å². The monoisotopic (exact) mass is 336 g/mol. The molecule has 0 aliphatic rings. The molecule has 126 valence electrons. The molecule has 0 heterocycles. The van der Waals surface area contributed by atoms with E-state index in [0.717, 1.165) is 12.5 Å². The lowest BCUT2D eigenvalue weighted by Gasteiger charge is -2.09. The second-order valence-electron chi connectivity index (χ2n) is 5.01. The van der Waals surface area contributed by atoms with Gasteiger partial charge in [-0.15, -0.1) is 0 Å². The molecule has 2 N–H and O–H groups in total. The highest BCUT2D eigenvalue weighted by atomic mass is 19.2. The van der Waals surface area contributed by atoms with Crippen LogP contribution in [-0.4, -0.2) is 18.4 Å². The first-order valence-corrected chi connectivity index (χ1v) is 7.27. The molecule has 0 unspecified atom stereocenters. The van der Waals surface area contributed by atoms with Crippen molar-refractivity contribution >= 4 is 17.5 Å². The summed E-state index contributed by atoms with van der Waals surface area (Å²) in [7, 11) is 0. The lowest BCUT2D eigenvalue weighted by molar-refractivity contribution is 0.0953. The molecule has 7 heteroatoms. The van der Waals surface area contributed by atoms with Gasteiger partial charge < -0.3 is 10.6 Å². The minimum Gasteiger partial charge on any atom is -0.352 e. The zero-order valence-electron chi connectivity index (χ0n) is 12.8. The number of amides is 2. The van der Waals surface area contributed by atoms with E-state index < -0.39 is 29.0 Å². The number of benzene rings is 2. The van der Waals surface area contributed by atoms with E-state index in [2.05, 4.69) is 10.6 Å². The van der Waals surface area contributed by atoms with Crippen molar-refractivity contribution in [2.45, 2.75) is 13.3 Å². The van der Waals surface area contributed by atoms with E-state index in [1.54, 1.807) is 0 Å². The van der Waals surface area contributed by atoms with Crippen molar-refractivity contribution in [3.05, 3.63) is 65.0 Å². The van der Waals surface area contributed by atoms with Crippen LogP contribution >= 0.6 is 0 Å². The van der Waals surface area contributed by atoms with Crippen LogP contribution in [0.1, 0.15) is 34.1 Å². The molecule has 0 aliphatic heterocycles. The van der Waals surface area contributed by atoms with Crippen LogP contribution in [0.25, 0.3) is 0 Å². The van der Waals surface area contributed by atoms with Crippen molar-refractivity contribution in [2.75, 3.05) is 11.9 Å².